The van der Waals surface area contributed by atoms with Gasteiger partial charge in [-0.3, -0.25) is 4.79 Å². The third kappa shape index (κ3) is 4.70. The van der Waals surface area contributed by atoms with Crippen molar-refractivity contribution in [3.8, 4) is 0 Å². The van der Waals surface area contributed by atoms with E-state index in [0.717, 1.165) is 32.5 Å². The number of hydrogen-bond acceptors (Lipinski definition) is 3. The minimum Gasteiger partial charge on any atom is -0.378 e. The van der Waals surface area contributed by atoms with Crippen molar-refractivity contribution in [3.63, 3.8) is 0 Å². The minimum atomic E-state index is 0. The molecule has 1 saturated carbocycles. The maximum atomic E-state index is 12.5. The zero-order valence-corrected chi connectivity index (χ0v) is 13.0. The van der Waals surface area contributed by atoms with Crippen LogP contribution in [0.2, 0.25) is 0 Å². The molecule has 4 nitrogen and oxygen atoms in total. The summed E-state index contributed by atoms with van der Waals surface area (Å²) < 4.78 is 5.42. The van der Waals surface area contributed by atoms with Crippen LogP contribution >= 0.6 is 12.4 Å². The molecule has 0 aromatic heterocycles. The van der Waals surface area contributed by atoms with E-state index in [2.05, 4.69) is 17.4 Å². The number of morpholine rings is 1. The molecule has 1 aromatic rings. The molecule has 1 heterocycles. The van der Waals surface area contributed by atoms with Crippen LogP contribution in [0, 0.1) is 0 Å². The molecule has 1 aliphatic heterocycles. The van der Waals surface area contributed by atoms with Crippen molar-refractivity contribution in [1.82, 2.24) is 10.2 Å². The molecule has 2 fully saturated rings. The molecular weight excluding hydrogens is 288 g/mol. The molecule has 1 saturated heterocycles. The monoisotopic (exact) mass is 310 g/mol. The predicted molar refractivity (Wildman–Crippen MR) is 84.5 cm³/mol. The normalized spacial score (nSPS) is 21.4. The summed E-state index contributed by atoms with van der Waals surface area (Å²) in [6.45, 7) is 2.98. The number of halogens is 1. The lowest BCUT2D eigenvalue weighted by molar-refractivity contribution is -0.133. The number of nitrogens with one attached hydrogen (secondary N) is 1. The number of benzene rings is 1. The second-order valence-electron chi connectivity index (χ2n) is 5.67. The summed E-state index contributed by atoms with van der Waals surface area (Å²) in [5.74, 6) is 0.249. The Morgan fingerprint density at radius 3 is 2.67 bits per heavy atom. The Kier molecular flexibility index (Phi) is 6.03. The van der Waals surface area contributed by atoms with Gasteiger partial charge < -0.3 is 15.0 Å². The lowest BCUT2D eigenvalue weighted by atomic mass is 10.1. The fourth-order valence-corrected chi connectivity index (χ4v) is 2.67. The number of nitrogens with zero attached hydrogens (tertiary/aromatic N) is 1. The molecule has 1 aliphatic carbocycles. The Balaban J connectivity index is 0.00000161. The second kappa shape index (κ2) is 7.78. The summed E-state index contributed by atoms with van der Waals surface area (Å²) in [5, 5.41) is 3.36. The fourth-order valence-electron chi connectivity index (χ4n) is 2.67. The van der Waals surface area contributed by atoms with E-state index in [1.807, 2.05) is 23.1 Å². The largest absolute Gasteiger partial charge is 0.378 e. The van der Waals surface area contributed by atoms with Gasteiger partial charge in [-0.05, 0) is 18.4 Å². The average molecular weight is 311 g/mol. The first-order chi connectivity index (χ1) is 9.83. The Hall–Kier alpha value is -1.10. The molecule has 0 radical (unpaired) electrons. The van der Waals surface area contributed by atoms with Crippen LogP contribution < -0.4 is 5.32 Å². The van der Waals surface area contributed by atoms with Gasteiger partial charge in [0.2, 0.25) is 5.91 Å². The van der Waals surface area contributed by atoms with E-state index < -0.39 is 0 Å². The van der Waals surface area contributed by atoms with Gasteiger partial charge in [0.05, 0.1) is 13.2 Å². The zero-order valence-electron chi connectivity index (χ0n) is 12.2. The third-order valence-corrected chi connectivity index (χ3v) is 3.92. The van der Waals surface area contributed by atoms with Crippen molar-refractivity contribution >= 4 is 18.3 Å². The van der Waals surface area contributed by atoms with E-state index in [4.69, 9.17) is 4.74 Å². The van der Waals surface area contributed by atoms with Gasteiger partial charge in [-0.15, -0.1) is 12.4 Å². The lowest BCUT2D eigenvalue weighted by Gasteiger charge is -2.28. The van der Waals surface area contributed by atoms with Crippen LogP contribution in [-0.4, -0.2) is 42.6 Å². The molecule has 3 rings (SSSR count). The Bertz CT molecular complexity index is 445. The molecule has 0 bridgehead atoms. The molecule has 21 heavy (non-hydrogen) atoms. The number of rotatable bonds is 5. The van der Waals surface area contributed by atoms with Gasteiger partial charge in [0.25, 0.3) is 0 Å². The Morgan fingerprint density at radius 2 is 2.05 bits per heavy atom. The van der Waals surface area contributed by atoms with Crippen LogP contribution in [0.5, 0.6) is 0 Å². The molecule has 5 heteroatoms. The SMILES string of the molecule is Cl.O=C(CC1COCCN1)N(Cc1ccccc1)C1CC1. The molecule has 1 atom stereocenters. The van der Waals surface area contributed by atoms with E-state index in [1.165, 1.54) is 5.56 Å². The van der Waals surface area contributed by atoms with Gasteiger partial charge in [-0.1, -0.05) is 30.3 Å². The summed E-state index contributed by atoms with van der Waals surface area (Å²) in [4.78, 5) is 14.6. The van der Waals surface area contributed by atoms with Gasteiger partial charge in [0, 0.05) is 31.6 Å². The first kappa shape index (κ1) is 16.3. The third-order valence-electron chi connectivity index (χ3n) is 3.92. The number of carbonyl (C=O) groups is 1. The highest BCUT2D eigenvalue weighted by Gasteiger charge is 2.33. The van der Waals surface area contributed by atoms with Crippen molar-refractivity contribution in [2.75, 3.05) is 19.8 Å². The average Bonchev–Trinajstić information content (AvgIpc) is 3.31. The quantitative estimate of drug-likeness (QED) is 0.904. The summed E-state index contributed by atoms with van der Waals surface area (Å²) in [6.07, 6.45) is 2.84. The molecule has 1 unspecified atom stereocenters. The lowest BCUT2D eigenvalue weighted by Crippen LogP contribution is -2.45. The number of ether oxygens (including phenoxy) is 1. The Morgan fingerprint density at radius 1 is 1.29 bits per heavy atom. The maximum absolute atomic E-state index is 12.5. The van der Waals surface area contributed by atoms with E-state index in [-0.39, 0.29) is 24.4 Å². The highest BCUT2D eigenvalue weighted by molar-refractivity contribution is 5.85. The summed E-state index contributed by atoms with van der Waals surface area (Å²) >= 11 is 0. The fraction of sp³-hybridized carbons (Fsp3) is 0.562. The van der Waals surface area contributed by atoms with Crippen molar-refractivity contribution in [3.05, 3.63) is 35.9 Å². The number of hydrogen-bond donors (Lipinski definition) is 1. The second-order valence-corrected chi connectivity index (χ2v) is 5.67. The zero-order chi connectivity index (χ0) is 13.8. The van der Waals surface area contributed by atoms with Crippen LogP contribution in [0.3, 0.4) is 0 Å². The minimum absolute atomic E-state index is 0. The van der Waals surface area contributed by atoms with Gasteiger partial charge in [-0.2, -0.15) is 0 Å². The molecule has 1 N–H and O–H groups in total. The maximum Gasteiger partial charge on any atom is 0.224 e. The molecule has 1 aromatic carbocycles. The van der Waals surface area contributed by atoms with Crippen molar-refractivity contribution in [2.24, 2.45) is 0 Å². The van der Waals surface area contributed by atoms with Crippen LogP contribution in [0.1, 0.15) is 24.8 Å². The molecule has 0 spiro atoms. The van der Waals surface area contributed by atoms with Gasteiger partial charge in [-0.25, -0.2) is 0 Å². The molecule has 116 valence electrons. The summed E-state index contributed by atoms with van der Waals surface area (Å²) in [6, 6.07) is 10.9. The van der Waals surface area contributed by atoms with Crippen molar-refractivity contribution in [1.29, 1.82) is 0 Å². The number of carbonyl (C=O) groups excluding carboxylic acids is 1. The standard InChI is InChI=1S/C16H22N2O2.ClH/c19-16(10-14-12-20-9-8-17-14)18(15-6-7-15)11-13-4-2-1-3-5-13;/h1-5,14-15,17H,6-12H2;1H. The van der Waals surface area contributed by atoms with Crippen LogP contribution in [0.4, 0.5) is 0 Å². The Labute approximate surface area is 132 Å². The summed E-state index contributed by atoms with van der Waals surface area (Å²) in [5.41, 5.74) is 1.21. The summed E-state index contributed by atoms with van der Waals surface area (Å²) in [7, 11) is 0. The van der Waals surface area contributed by atoms with Crippen molar-refractivity contribution < 1.29 is 9.53 Å². The topological polar surface area (TPSA) is 41.6 Å². The van der Waals surface area contributed by atoms with Gasteiger partial charge >= 0.3 is 0 Å². The highest BCUT2D eigenvalue weighted by atomic mass is 35.5. The van der Waals surface area contributed by atoms with E-state index in [9.17, 15) is 4.79 Å². The van der Waals surface area contributed by atoms with Crippen LogP contribution in [-0.2, 0) is 16.1 Å². The predicted octanol–water partition coefficient (Wildman–Crippen LogP) is 1.98. The van der Waals surface area contributed by atoms with E-state index >= 15 is 0 Å². The molecular formula is C16H23ClN2O2. The molecule has 2 aliphatic rings. The first-order valence-corrected chi connectivity index (χ1v) is 7.47. The van der Waals surface area contributed by atoms with Gasteiger partial charge in [0.15, 0.2) is 0 Å². The number of amides is 1. The van der Waals surface area contributed by atoms with Crippen LogP contribution in [0.25, 0.3) is 0 Å². The first-order valence-electron chi connectivity index (χ1n) is 7.47. The molecule has 1 amide bonds. The van der Waals surface area contributed by atoms with Gasteiger partial charge in [0.1, 0.15) is 0 Å². The highest BCUT2D eigenvalue weighted by Crippen LogP contribution is 2.29. The smallest absolute Gasteiger partial charge is 0.224 e. The van der Waals surface area contributed by atoms with E-state index in [1.54, 1.807) is 0 Å². The van der Waals surface area contributed by atoms with E-state index in [0.29, 0.717) is 19.1 Å². The van der Waals surface area contributed by atoms with Crippen molar-refractivity contribution in [2.45, 2.75) is 37.9 Å². The van der Waals surface area contributed by atoms with Crippen LogP contribution in [0.15, 0.2) is 30.3 Å².